The van der Waals surface area contributed by atoms with Crippen molar-refractivity contribution in [2.75, 3.05) is 10.0 Å². The Balaban J connectivity index is 1.70. The van der Waals surface area contributed by atoms with Gasteiger partial charge >= 0.3 is 0 Å². The summed E-state index contributed by atoms with van der Waals surface area (Å²) in [5.41, 5.74) is 1.26. The number of anilines is 2. The Hall–Kier alpha value is -1.76. The van der Waals surface area contributed by atoms with Crippen LogP contribution in [-0.4, -0.2) is 23.1 Å². The molecule has 0 radical (unpaired) electrons. The predicted molar refractivity (Wildman–Crippen MR) is 134 cm³/mol. The van der Waals surface area contributed by atoms with E-state index in [9.17, 15) is 13.2 Å². The van der Waals surface area contributed by atoms with Gasteiger partial charge in [-0.25, -0.2) is 8.42 Å². The minimum atomic E-state index is -4.08. The Labute approximate surface area is 213 Å². The second-order valence-corrected chi connectivity index (χ2v) is 11.1. The van der Waals surface area contributed by atoms with Crippen molar-refractivity contribution in [2.45, 2.75) is 4.90 Å². The van der Waals surface area contributed by atoms with Gasteiger partial charge in [-0.05, 0) is 64.5 Å². The Morgan fingerprint density at radius 3 is 2.44 bits per heavy atom. The van der Waals surface area contributed by atoms with Gasteiger partial charge < -0.3 is 5.32 Å². The first-order chi connectivity index (χ1) is 15.2. The highest BCUT2D eigenvalue weighted by Crippen LogP contribution is 2.31. The molecule has 0 aliphatic carbocycles. The van der Waals surface area contributed by atoms with Gasteiger partial charge in [-0.15, -0.1) is 0 Å². The van der Waals surface area contributed by atoms with Gasteiger partial charge in [0.15, 0.2) is 0 Å². The normalized spacial score (nSPS) is 11.5. The highest BCUT2D eigenvalue weighted by molar-refractivity contribution is 9.11. The van der Waals surface area contributed by atoms with Crippen molar-refractivity contribution >= 4 is 105 Å². The first kappa shape index (κ1) is 23.4. The van der Waals surface area contributed by atoms with E-state index >= 15 is 0 Å². The lowest BCUT2D eigenvalue weighted by Crippen LogP contribution is -2.19. The lowest BCUT2D eigenvalue weighted by atomic mass is 10.1. The number of amides is 1. The number of fused-ring (bicyclic) bond motifs is 1. The van der Waals surface area contributed by atoms with Crippen LogP contribution in [0.4, 0.5) is 11.4 Å². The van der Waals surface area contributed by atoms with Crippen molar-refractivity contribution in [3.05, 3.63) is 73.1 Å². The van der Waals surface area contributed by atoms with E-state index in [1.54, 1.807) is 24.3 Å². The van der Waals surface area contributed by atoms with Crippen LogP contribution in [0, 0.1) is 0 Å². The molecular weight excluding hydrogens is 627 g/mol. The standard InChI is InChI=1S/C19H10Br2Cl2N4O3S2/c20-9-1-5-15(11(7-9)19(28)24-10-2-4-13(22)14(23)8-10)27-32(29,30)16-6-3-12(21)17-18(16)26-31-25-17/h1-8,27H,(H,24,28). The Kier molecular flexibility index (Phi) is 6.76. The average molecular weight is 637 g/mol. The van der Waals surface area contributed by atoms with E-state index in [4.69, 9.17) is 23.2 Å². The SMILES string of the molecule is O=C(Nc1ccc(Cl)c(Cl)c1)c1cc(Br)ccc1NS(=O)(=O)c1ccc(Br)c2nsnc12. The van der Waals surface area contributed by atoms with Gasteiger partial charge in [-0.3, -0.25) is 9.52 Å². The number of nitrogens with one attached hydrogen (secondary N) is 2. The van der Waals surface area contributed by atoms with Crippen molar-refractivity contribution in [1.29, 1.82) is 0 Å². The Morgan fingerprint density at radius 1 is 0.938 bits per heavy atom. The van der Waals surface area contributed by atoms with Crippen molar-refractivity contribution < 1.29 is 13.2 Å². The van der Waals surface area contributed by atoms with Crippen LogP contribution in [0.3, 0.4) is 0 Å². The second kappa shape index (κ2) is 9.24. The van der Waals surface area contributed by atoms with Gasteiger partial charge in [0.2, 0.25) is 0 Å². The van der Waals surface area contributed by atoms with E-state index in [0.717, 1.165) is 11.7 Å². The molecule has 0 saturated heterocycles. The fourth-order valence-corrected chi connectivity index (χ4v) is 5.83. The first-order valence-electron chi connectivity index (χ1n) is 8.65. The van der Waals surface area contributed by atoms with E-state index in [0.29, 0.717) is 25.2 Å². The molecule has 0 unspecified atom stereocenters. The molecule has 0 atom stereocenters. The molecule has 0 aliphatic heterocycles. The molecule has 7 nitrogen and oxygen atoms in total. The van der Waals surface area contributed by atoms with E-state index in [1.165, 1.54) is 24.3 Å². The van der Waals surface area contributed by atoms with Crippen molar-refractivity contribution in [1.82, 2.24) is 8.75 Å². The lowest BCUT2D eigenvalue weighted by Gasteiger charge is -2.14. The third kappa shape index (κ3) is 4.78. The molecule has 4 rings (SSSR count). The van der Waals surface area contributed by atoms with Gasteiger partial charge in [0.25, 0.3) is 15.9 Å². The average Bonchev–Trinajstić information content (AvgIpc) is 3.22. The molecular formula is C19H10Br2Cl2N4O3S2. The lowest BCUT2D eigenvalue weighted by molar-refractivity contribution is 0.102. The van der Waals surface area contributed by atoms with Gasteiger partial charge in [0.1, 0.15) is 15.9 Å². The largest absolute Gasteiger partial charge is 0.322 e. The van der Waals surface area contributed by atoms with Gasteiger partial charge in [-0.2, -0.15) is 8.75 Å². The maximum Gasteiger partial charge on any atom is 0.264 e. The van der Waals surface area contributed by atoms with Crippen LogP contribution in [0.2, 0.25) is 10.0 Å². The van der Waals surface area contributed by atoms with Crippen LogP contribution in [0.25, 0.3) is 11.0 Å². The van der Waals surface area contributed by atoms with Crippen LogP contribution < -0.4 is 10.0 Å². The van der Waals surface area contributed by atoms with Crippen LogP contribution in [0.5, 0.6) is 0 Å². The van der Waals surface area contributed by atoms with E-state index < -0.39 is 15.9 Å². The van der Waals surface area contributed by atoms with Crippen LogP contribution in [0.15, 0.2) is 62.4 Å². The summed E-state index contributed by atoms with van der Waals surface area (Å²) in [6.45, 7) is 0. The fraction of sp³-hybridized carbons (Fsp3) is 0. The number of rotatable bonds is 5. The smallest absolute Gasteiger partial charge is 0.264 e. The number of hydrogen-bond acceptors (Lipinski definition) is 6. The van der Waals surface area contributed by atoms with Crippen molar-refractivity contribution in [2.24, 2.45) is 0 Å². The highest BCUT2D eigenvalue weighted by atomic mass is 79.9. The third-order valence-corrected chi connectivity index (χ3v) is 8.06. The quantitative estimate of drug-likeness (QED) is 0.258. The zero-order chi connectivity index (χ0) is 23.0. The molecule has 13 heteroatoms. The minimum absolute atomic E-state index is 0.0526. The number of carbonyl (C=O) groups excluding carboxylic acids is 1. The van der Waals surface area contributed by atoms with E-state index in [1.807, 2.05) is 0 Å². The Bertz CT molecular complexity index is 1480. The van der Waals surface area contributed by atoms with Gasteiger partial charge in [-0.1, -0.05) is 39.1 Å². The van der Waals surface area contributed by atoms with Crippen LogP contribution in [0.1, 0.15) is 10.4 Å². The number of nitrogens with zero attached hydrogens (tertiary/aromatic N) is 2. The summed E-state index contributed by atoms with van der Waals surface area (Å²) in [5, 5.41) is 3.31. The van der Waals surface area contributed by atoms with Crippen LogP contribution in [-0.2, 0) is 10.0 Å². The monoisotopic (exact) mass is 634 g/mol. The number of aromatic nitrogens is 2. The molecule has 3 aromatic carbocycles. The topological polar surface area (TPSA) is 101 Å². The van der Waals surface area contributed by atoms with Crippen molar-refractivity contribution in [3.8, 4) is 0 Å². The molecule has 1 aromatic heterocycles. The van der Waals surface area contributed by atoms with Crippen LogP contribution >= 0.6 is 66.8 Å². The molecule has 0 aliphatic rings. The summed E-state index contributed by atoms with van der Waals surface area (Å²) in [4.78, 5) is 12.9. The number of hydrogen-bond donors (Lipinski definition) is 2. The summed E-state index contributed by atoms with van der Waals surface area (Å²) in [6.07, 6.45) is 0. The number of carbonyl (C=O) groups is 1. The predicted octanol–water partition coefficient (Wildman–Crippen LogP) is 6.58. The summed E-state index contributed by atoms with van der Waals surface area (Å²) in [6, 6.07) is 12.2. The third-order valence-electron chi connectivity index (χ3n) is 4.27. The summed E-state index contributed by atoms with van der Waals surface area (Å²) in [5.74, 6) is -0.543. The fourth-order valence-electron chi connectivity index (χ4n) is 2.80. The molecule has 164 valence electrons. The second-order valence-electron chi connectivity index (χ2n) is 6.39. The molecule has 4 aromatic rings. The van der Waals surface area contributed by atoms with E-state index in [-0.39, 0.29) is 26.7 Å². The molecule has 0 saturated carbocycles. The molecule has 0 bridgehead atoms. The molecule has 1 heterocycles. The zero-order valence-electron chi connectivity index (χ0n) is 15.6. The molecule has 0 spiro atoms. The van der Waals surface area contributed by atoms with E-state index in [2.05, 4.69) is 50.6 Å². The number of halogens is 4. The van der Waals surface area contributed by atoms with Gasteiger partial charge in [0.05, 0.1) is 33.0 Å². The highest BCUT2D eigenvalue weighted by Gasteiger charge is 2.24. The zero-order valence-corrected chi connectivity index (χ0v) is 21.9. The summed E-state index contributed by atoms with van der Waals surface area (Å²) in [7, 11) is -4.08. The maximum absolute atomic E-state index is 13.2. The minimum Gasteiger partial charge on any atom is -0.322 e. The van der Waals surface area contributed by atoms with Crippen molar-refractivity contribution in [3.63, 3.8) is 0 Å². The maximum atomic E-state index is 13.2. The molecule has 32 heavy (non-hydrogen) atoms. The number of benzene rings is 3. The first-order valence-corrected chi connectivity index (χ1v) is 13.2. The molecule has 2 N–H and O–H groups in total. The molecule has 1 amide bonds. The summed E-state index contributed by atoms with van der Waals surface area (Å²) >= 11 is 19.5. The van der Waals surface area contributed by atoms with Gasteiger partial charge in [0, 0.05) is 14.6 Å². The number of sulfonamides is 1. The molecule has 0 fully saturated rings. The Morgan fingerprint density at radius 2 is 1.69 bits per heavy atom. The summed E-state index contributed by atoms with van der Waals surface area (Å²) < 4.78 is 38.2.